The number of esters is 1. The van der Waals surface area contributed by atoms with Crippen LogP contribution >= 0.6 is 11.7 Å². The molecule has 1 aliphatic heterocycles. The standard InChI is InChI=1S/C22H39N4O3S/c1-6-8-9-10-14-28-21-20(24-30-25-21)18-12-11-13-26(5,15-18)17(4)29-22(27)19(23)16(3)7-2/h12,16-17,19H,6-11,13-15,23H2,1-5H3/q+1/t16-,17?,19-,26?/m0/s1. The van der Waals surface area contributed by atoms with Crippen molar-refractivity contribution >= 4 is 23.3 Å². The molecule has 1 aromatic heterocycles. The van der Waals surface area contributed by atoms with Crippen molar-refractivity contribution in [2.45, 2.75) is 78.5 Å². The Bertz CT molecular complexity index is 708. The molecule has 8 heteroatoms. The molecule has 2 unspecified atom stereocenters. The van der Waals surface area contributed by atoms with E-state index < -0.39 is 6.04 Å². The molecule has 2 heterocycles. The summed E-state index contributed by atoms with van der Waals surface area (Å²) in [6.45, 7) is 10.4. The molecule has 2 N–H and O–H groups in total. The molecular weight excluding hydrogens is 400 g/mol. The van der Waals surface area contributed by atoms with Crippen LogP contribution in [-0.2, 0) is 9.53 Å². The Morgan fingerprint density at radius 3 is 2.73 bits per heavy atom. The molecule has 0 saturated carbocycles. The van der Waals surface area contributed by atoms with E-state index in [0.717, 1.165) is 37.1 Å². The topological polar surface area (TPSA) is 87.3 Å². The number of rotatable bonds is 12. The lowest BCUT2D eigenvalue weighted by atomic mass is 10.0. The third-order valence-electron chi connectivity index (χ3n) is 6.26. The molecular formula is C22H39N4O3S+. The Labute approximate surface area is 185 Å². The first kappa shape index (κ1) is 24.8. The number of nitrogens with two attached hydrogens (primary N) is 1. The molecule has 4 atom stereocenters. The molecule has 0 fully saturated rings. The second-order valence-electron chi connectivity index (χ2n) is 8.65. The van der Waals surface area contributed by atoms with Gasteiger partial charge in [0.05, 0.1) is 31.9 Å². The Balaban J connectivity index is 2.00. The summed E-state index contributed by atoms with van der Waals surface area (Å²) in [6, 6.07) is -0.584. The minimum absolute atomic E-state index is 0.102. The Morgan fingerprint density at radius 2 is 2.03 bits per heavy atom. The molecule has 1 aromatic rings. The first-order chi connectivity index (χ1) is 14.3. The lowest BCUT2D eigenvalue weighted by Gasteiger charge is -2.41. The van der Waals surface area contributed by atoms with E-state index in [1.807, 2.05) is 20.8 Å². The van der Waals surface area contributed by atoms with Crippen LogP contribution in [0.4, 0.5) is 0 Å². The molecule has 0 radical (unpaired) electrons. The largest absolute Gasteiger partial charge is 0.475 e. The maximum atomic E-state index is 12.5. The van der Waals surface area contributed by atoms with Gasteiger partial charge in [0, 0.05) is 18.9 Å². The third-order valence-corrected chi connectivity index (χ3v) is 6.77. The fourth-order valence-corrected chi connectivity index (χ4v) is 4.11. The van der Waals surface area contributed by atoms with E-state index in [9.17, 15) is 4.79 Å². The van der Waals surface area contributed by atoms with Gasteiger partial charge < -0.3 is 15.2 Å². The normalized spacial score (nSPS) is 22.1. The maximum Gasteiger partial charge on any atom is 0.327 e. The van der Waals surface area contributed by atoms with Gasteiger partial charge in [-0.1, -0.05) is 52.5 Å². The summed E-state index contributed by atoms with van der Waals surface area (Å²) in [6.07, 6.45) is 8.28. The second kappa shape index (κ2) is 11.8. The summed E-state index contributed by atoms with van der Waals surface area (Å²) in [5, 5.41) is 0. The van der Waals surface area contributed by atoms with Crippen molar-refractivity contribution in [3.8, 4) is 5.88 Å². The third kappa shape index (κ3) is 6.49. The summed E-state index contributed by atoms with van der Waals surface area (Å²) in [5.74, 6) is 0.406. The maximum absolute atomic E-state index is 12.5. The Morgan fingerprint density at radius 1 is 1.27 bits per heavy atom. The predicted octanol–water partition coefficient (Wildman–Crippen LogP) is 3.99. The number of ether oxygens (including phenoxy) is 2. The lowest BCUT2D eigenvalue weighted by Crippen LogP contribution is -2.56. The quantitative estimate of drug-likeness (QED) is 0.301. The van der Waals surface area contributed by atoms with Crippen molar-refractivity contribution in [1.29, 1.82) is 0 Å². The van der Waals surface area contributed by atoms with E-state index in [4.69, 9.17) is 15.2 Å². The van der Waals surface area contributed by atoms with Gasteiger partial charge in [-0.05, 0) is 12.3 Å². The SMILES string of the molecule is CCCCCCOc1nsnc1C1=CCC[N+](C)(C(C)OC(=O)[C@@H](N)[C@@H](C)CC)C1. The van der Waals surface area contributed by atoms with Crippen LogP contribution in [0.2, 0.25) is 0 Å². The minimum atomic E-state index is -0.584. The number of hydrogen-bond donors (Lipinski definition) is 1. The fraction of sp³-hybridized carbons (Fsp3) is 0.773. The average Bonchev–Trinajstić information content (AvgIpc) is 3.21. The summed E-state index contributed by atoms with van der Waals surface area (Å²) >= 11 is 1.18. The highest BCUT2D eigenvalue weighted by Gasteiger charge is 2.37. The molecule has 30 heavy (non-hydrogen) atoms. The number of quaternary nitrogens is 1. The van der Waals surface area contributed by atoms with Gasteiger partial charge >= 0.3 is 5.97 Å². The highest BCUT2D eigenvalue weighted by atomic mass is 32.1. The van der Waals surface area contributed by atoms with Crippen LogP contribution in [0.25, 0.3) is 5.57 Å². The van der Waals surface area contributed by atoms with E-state index >= 15 is 0 Å². The Kier molecular flexibility index (Phi) is 9.71. The van der Waals surface area contributed by atoms with Gasteiger partial charge in [0.25, 0.3) is 5.88 Å². The summed E-state index contributed by atoms with van der Waals surface area (Å²) in [4.78, 5) is 12.5. The van der Waals surface area contributed by atoms with E-state index in [1.54, 1.807) is 0 Å². The van der Waals surface area contributed by atoms with E-state index in [1.165, 1.54) is 31.0 Å². The molecule has 0 saturated heterocycles. The van der Waals surface area contributed by atoms with E-state index in [2.05, 4.69) is 28.8 Å². The number of carbonyl (C=O) groups excluding carboxylic acids is 1. The van der Waals surface area contributed by atoms with Crippen LogP contribution in [0.3, 0.4) is 0 Å². The molecule has 7 nitrogen and oxygen atoms in total. The number of unbranched alkanes of at least 4 members (excludes halogenated alkanes) is 3. The van der Waals surface area contributed by atoms with Crippen molar-refractivity contribution < 1.29 is 18.8 Å². The average molecular weight is 440 g/mol. The van der Waals surface area contributed by atoms with Crippen LogP contribution in [0.5, 0.6) is 5.88 Å². The van der Waals surface area contributed by atoms with Gasteiger partial charge in [0.15, 0.2) is 0 Å². The van der Waals surface area contributed by atoms with Crippen molar-refractivity contribution in [3.63, 3.8) is 0 Å². The molecule has 0 aromatic carbocycles. The molecule has 170 valence electrons. The van der Waals surface area contributed by atoms with Crippen LogP contribution in [0.15, 0.2) is 6.08 Å². The first-order valence-electron chi connectivity index (χ1n) is 11.3. The van der Waals surface area contributed by atoms with Crippen molar-refractivity contribution in [2.75, 3.05) is 26.7 Å². The van der Waals surface area contributed by atoms with Gasteiger partial charge in [0.1, 0.15) is 18.3 Å². The molecule has 0 aliphatic carbocycles. The molecule has 1 aliphatic rings. The highest BCUT2D eigenvalue weighted by Crippen LogP contribution is 2.31. The highest BCUT2D eigenvalue weighted by molar-refractivity contribution is 6.99. The summed E-state index contributed by atoms with van der Waals surface area (Å²) in [7, 11) is 2.12. The van der Waals surface area contributed by atoms with Gasteiger partial charge in [-0.25, -0.2) is 0 Å². The van der Waals surface area contributed by atoms with Gasteiger partial charge in [0.2, 0.25) is 6.23 Å². The predicted molar refractivity (Wildman–Crippen MR) is 121 cm³/mol. The minimum Gasteiger partial charge on any atom is -0.475 e. The number of likely N-dealkylation sites (N-methyl/N-ethyl adjacent to an activating group) is 1. The van der Waals surface area contributed by atoms with Crippen LogP contribution in [0.1, 0.15) is 71.9 Å². The molecule has 2 rings (SSSR count). The number of aromatic nitrogens is 2. The van der Waals surface area contributed by atoms with E-state index in [-0.39, 0.29) is 18.1 Å². The summed E-state index contributed by atoms with van der Waals surface area (Å²) < 4.78 is 21.2. The molecule has 0 bridgehead atoms. The zero-order valence-electron chi connectivity index (χ0n) is 19.2. The monoisotopic (exact) mass is 439 g/mol. The van der Waals surface area contributed by atoms with Crippen molar-refractivity contribution in [3.05, 3.63) is 11.8 Å². The van der Waals surface area contributed by atoms with Crippen molar-refractivity contribution in [1.82, 2.24) is 8.75 Å². The fourth-order valence-electron chi connectivity index (χ4n) is 3.58. The zero-order valence-corrected chi connectivity index (χ0v) is 20.0. The zero-order chi connectivity index (χ0) is 22.1. The molecule has 0 amide bonds. The summed E-state index contributed by atoms with van der Waals surface area (Å²) in [5.41, 5.74) is 8.00. The Hall–Kier alpha value is -1.51. The molecule has 0 spiro atoms. The number of hydrogen-bond acceptors (Lipinski definition) is 7. The van der Waals surface area contributed by atoms with Gasteiger partial charge in [-0.3, -0.25) is 9.28 Å². The van der Waals surface area contributed by atoms with Crippen LogP contribution in [0, 0.1) is 5.92 Å². The number of carbonyl (C=O) groups is 1. The lowest BCUT2D eigenvalue weighted by molar-refractivity contribution is -0.944. The van der Waals surface area contributed by atoms with Crippen LogP contribution in [-0.4, -0.2) is 58.2 Å². The van der Waals surface area contributed by atoms with Crippen molar-refractivity contribution in [2.24, 2.45) is 11.7 Å². The van der Waals surface area contributed by atoms with E-state index in [0.29, 0.717) is 23.5 Å². The van der Waals surface area contributed by atoms with Gasteiger partial charge in [-0.15, -0.1) is 4.37 Å². The second-order valence-corrected chi connectivity index (χ2v) is 9.18. The number of nitrogens with zero attached hydrogens (tertiary/aromatic N) is 3. The first-order valence-corrected chi connectivity index (χ1v) is 12.0. The smallest absolute Gasteiger partial charge is 0.327 e. The van der Waals surface area contributed by atoms with Crippen LogP contribution < -0.4 is 10.5 Å². The van der Waals surface area contributed by atoms with Gasteiger partial charge in [-0.2, -0.15) is 4.37 Å².